The van der Waals surface area contributed by atoms with Crippen molar-refractivity contribution in [3.05, 3.63) is 70.3 Å². The molecule has 44 heavy (non-hydrogen) atoms. The molecule has 2 heterocycles. The number of hydrogen-bond donors (Lipinski definition) is 0. The van der Waals surface area contributed by atoms with E-state index in [0.717, 1.165) is 38.9 Å². The van der Waals surface area contributed by atoms with Gasteiger partial charge in [-0.15, -0.1) is 0 Å². The van der Waals surface area contributed by atoms with E-state index >= 15 is 0 Å². The Hall–Kier alpha value is -3.87. The van der Waals surface area contributed by atoms with E-state index < -0.39 is 41.0 Å². The molecule has 3 amide bonds. The molecule has 4 rings (SSSR count). The highest BCUT2D eigenvalue weighted by molar-refractivity contribution is 6.32. The number of carbonyl (C=O) groups excluding carboxylic acids is 3. The highest BCUT2D eigenvalue weighted by Crippen LogP contribution is 2.43. The molecule has 2 aromatic carbocycles. The molecule has 0 spiro atoms. The van der Waals surface area contributed by atoms with E-state index in [4.69, 9.17) is 4.74 Å². The van der Waals surface area contributed by atoms with Crippen molar-refractivity contribution in [1.82, 2.24) is 9.80 Å². The molecule has 2 aliphatic rings. The normalized spacial score (nSPS) is 16.7. The number of ether oxygens (including phenoxy) is 1. The van der Waals surface area contributed by atoms with Crippen LogP contribution < -0.4 is 9.64 Å². The van der Waals surface area contributed by atoms with Gasteiger partial charge in [0.2, 0.25) is 0 Å². The Morgan fingerprint density at radius 3 is 2.09 bits per heavy atom. The molecular formula is C31H33F6N3O4. The fourth-order valence-electron chi connectivity index (χ4n) is 5.52. The van der Waals surface area contributed by atoms with Gasteiger partial charge in [0, 0.05) is 37.3 Å². The average Bonchev–Trinajstić information content (AvgIpc) is 3.20. The molecule has 1 fully saturated rings. The maximum Gasteiger partial charge on any atom is 0.417 e. The van der Waals surface area contributed by atoms with Crippen LogP contribution in [0.25, 0.3) is 0 Å². The fraction of sp³-hybridized carbons (Fsp3) is 0.452. The standard InChI is InChI=1S/C31H33F6N3O4/c1-20-22(29(43)40(27(20)41)21-12-13-24(30(32,33)34)25(19-21)31(35,36)37)9-5-3-4-8-14-38-15-17-39(18-16-38)28(42)23-10-6-7-11-26(23)44-2/h6-7,10-13,19H,3-5,8-9,14-18H2,1-2H3. The number of methoxy groups -OCH3 is 1. The summed E-state index contributed by atoms with van der Waals surface area (Å²) in [5, 5.41) is 0. The van der Waals surface area contributed by atoms with Gasteiger partial charge in [0.15, 0.2) is 0 Å². The van der Waals surface area contributed by atoms with Gasteiger partial charge in [-0.3, -0.25) is 19.3 Å². The van der Waals surface area contributed by atoms with Gasteiger partial charge >= 0.3 is 12.4 Å². The smallest absolute Gasteiger partial charge is 0.417 e. The maximum absolute atomic E-state index is 13.4. The third-order valence-electron chi connectivity index (χ3n) is 7.96. The van der Waals surface area contributed by atoms with E-state index in [1.54, 1.807) is 18.2 Å². The lowest BCUT2D eigenvalue weighted by Crippen LogP contribution is -2.48. The van der Waals surface area contributed by atoms with Gasteiger partial charge in [-0.05, 0) is 63.1 Å². The van der Waals surface area contributed by atoms with Crippen molar-refractivity contribution in [2.45, 2.75) is 51.4 Å². The van der Waals surface area contributed by atoms with Crippen molar-refractivity contribution in [1.29, 1.82) is 0 Å². The number of para-hydroxylation sites is 1. The summed E-state index contributed by atoms with van der Waals surface area (Å²) in [5.41, 5.74) is -3.65. The number of carbonyl (C=O) groups is 3. The summed E-state index contributed by atoms with van der Waals surface area (Å²) in [7, 11) is 1.53. The van der Waals surface area contributed by atoms with Crippen LogP contribution in [0, 0.1) is 0 Å². The van der Waals surface area contributed by atoms with E-state index in [1.807, 2.05) is 11.0 Å². The topological polar surface area (TPSA) is 70.2 Å². The van der Waals surface area contributed by atoms with Crippen LogP contribution in [-0.2, 0) is 21.9 Å². The number of halogens is 6. The molecule has 0 bridgehead atoms. The van der Waals surface area contributed by atoms with Crippen molar-refractivity contribution in [2.24, 2.45) is 0 Å². The summed E-state index contributed by atoms with van der Waals surface area (Å²) in [5.74, 6) is -1.19. The first kappa shape index (κ1) is 33.0. The Labute approximate surface area is 251 Å². The Bertz CT molecular complexity index is 1430. The van der Waals surface area contributed by atoms with Gasteiger partial charge in [0.05, 0.1) is 29.5 Å². The third kappa shape index (κ3) is 7.25. The number of alkyl halides is 6. The number of imide groups is 1. The van der Waals surface area contributed by atoms with Gasteiger partial charge in [-0.1, -0.05) is 25.0 Å². The van der Waals surface area contributed by atoms with Crippen LogP contribution in [0.3, 0.4) is 0 Å². The lowest BCUT2D eigenvalue weighted by molar-refractivity contribution is -0.162. The molecule has 2 aromatic rings. The minimum atomic E-state index is -5.33. The second-order valence-corrected chi connectivity index (χ2v) is 10.8. The monoisotopic (exact) mass is 625 g/mol. The zero-order valence-corrected chi connectivity index (χ0v) is 24.4. The van der Waals surface area contributed by atoms with Crippen LogP contribution in [0.15, 0.2) is 53.6 Å². The predicted octanol–water partition coefficient (Wildman–Crippen LogP) is 6.33. The Morgan fingerprint density at radius 2 is 1.45 bits per heavy atom. The SMILES string of the molecule is COc1ccccc1C(=O)N1CCN(CCCCCCC2=C(C)C(=O)N(c3ccc(C(F)(F)F)c(C(F)(F)F)c3)C2=O)CC1. The van der Waals surface area contributed by atoms with Gasteiger partial charge in [0.25, 0.3) is 17.7 Å². The number of anilines is 1. The molecule has 1 saturated heterocycles. The van der Waals surface area contributed by atoms with Crippen LogP contribution in [0.1, 0.15) is 60.5 Å². The fourth-order valence-corrected chi connectivity index (χ4v) is 5.52. The number of unbranched alkanes of at least 4 members (excludes halogenated alkanes) is 3. The molecule has 0 N–H and O–H groups in total. The third-order valence-corrected chi connectivity index (χ3v) is 7.96. The van der Waals surface area contributed by atoms with Gasteiger partial charge in [-0.2, -0.15) is 26.3 Å². The molecule has 0 atom stereocenters. The Kier molecular flexibility index (Phi) is 10.1. The van der Waals surface area contributed by atoms with Crippen molar-refractivity contribution in [3.63, 3.8) is 0 Å². The lowest BCUT2D eigenvalue weighted by atomic mass is 10.0. The summed E-state index contributed by atoms with van der Waals surface area (Å²) in [6, 6.07) is 8.25. The van der Waals surface area contributed by atoms with Crippen LogP contribution in [0.2, 0.25) is 0 Å². The van der Waals surface area contributed by atoms with Gasteiger partial charge in [0.1, 0.15) is 5.75 Å². The first-order valence-electron chi connectivity index (χ1n) is 14.3. The second kappa shape index (κ2) is 13.4. The van der Waals surface area contributed by atoms with Crippen LogP contribution >= 0.6 is 0 Å². The minimum Gasteiger partial charge on any atom is -0.496 e. The van der Waals surface area contributed by atoms with E-state index in [-0.39, 0.29) is 35.6 Å². The highest BCUT2D eigenvalue weighted by Gasteiger charge is 2.45. The zero-order valence-electron chi connectivity index (χ0n) is 24.4. The van der Waals surface area contributed by atoms with Crippen LogP contribution in [0.4, 0.5) is 32.0 Å². The molecule has 2 aliphatic heterocycles. The van der Waals surface area contributed by atoms with Crippen molar-refractivity contribution < 1.29 is 45.5 Å². The van der Waals surface area contributed by atoms with E-state index in [9.17, 15) is 40.7 Å². The zero-order chi connectivity index (χ0) is 32.2. The predicted molar refractivity (Wildman–Crippen MR) is 150 cm³/mol. The average molecular weight is 626 g/mol. The molecule has 0 saturated carbocycles. The summed E-state index contributed by atoms with van der Waals surface area (Å²) in [6.07, 6.45) is -7.35. The number of rotatable bonds is 10. The molecule has 7 nitrogen and oxygen atoms in total. The highest BCUT2D eigenvalue weighted by atomic mass is 19.4. The largest absolute Gasteiger partial charge is 0.496 e. The van der Waals surface area contributed by atoms with Gasteiger partial charge in [-0.25, -0.2) is 4.90 Å². The molecule has 238 valence electrons. The maximum atomic E-state index is 13.4. The molecule has 0 aliphatic carbocycles. The van der Waals surface area contributed by atoms with E-state index in [0.29, 0.717) is 41.8 Å². The number of hydrogen-bond acceptors (Lipinski definition) is 5. The summed E-state index contributed by atoms with van der Waals surface area (Å²) >= 11 is 0. The molecule has 13 heteroatoms. The molecule has 0 aromatic heterocycles. The minimum absolute atomic E-state index is 0.0654. The quantitative estimate of drug-likeness (QED) is 0.175. The van der Waals surface area contributed by atoms with Gasteiger partial charge < -0.3 is 9.64 Å². The summed E-state index contributed by atoms with van der Waals surface area (Å²) < 4.78 is 84.9. The first-order chi connectivity index (χ1) is 20.7. The molecular weight excluding hydrogens is 592 g/mol. The van der Waals surface area contributed by atoms with E-state index in [2.05, 4.69) is 4.90 Å². The van der Waals surface area contributed by atoms with E-state index in [1.165, 1.54) is 14.0 Å². The summed E-state index contributed by atoms with van der Waals surface area (Å²) in [4.78, 5) is 43.2. The van der Waals surface area contributed by atoms with Crippen LogP contribution in [0.5, 0.6) is 5.75 Å². The summed E-state index contributed by atoms with van der Waals surface area (Å²) in [6.45, 7) is 4.89. The Balaban J connectivity index is 1.23. The van der Waals surface area contributed by atoms with Crippen molar-refractivity contribution in [3.8, 4) is 5.75 Å². The number of piperazine rings is 1. The van der Waals surface area contributed by atoms with Crippen molar-refractivity contribution in [2.75, 3.05) is 44.7 Å². The Morgan fingerprint density at radius 1 is 0.818 bits per heavy atom. The number of benzene rings is 2. The number of nitrogens with zero attached hydrogens (tertiary/aromatic N) is 3. The lowest BCUT2D eigenvalue weighted by Gasteiger charge is -2.35. The van der Waals surface area contributed by atoms with Crippen molar-refractivity contribution >= 4 is 23.4 Å². The van der Waals surface area contributed by atoms with Crippen LogP contribution in [-0.4, -0.2) is 67.4 Å². The first-order valence-corrected chi connectivity index (χ1v) is 14.3. The number of amides is 3. The molecule has 0 unspecified atom stereocenters. The second-order valence-electron chi connectivity index (χ2n) is 10.8. The molecule has 0 radical (unpaired) electrons.